The number of nitrogens with two attached hydrogens (primary N) is 1. The molecule has 0 aliphatic carbocycles. The number of carbonyl (C=O) groups excluding carboxylic acids is 1. The highest BCUT2D eigenvalue weighted by Crippen LogP contribution is 2.32. The molecule has 3 N–H and O–H groups in total. The van der Waals surface area contributed by atoms with E-state index in [9.17, 15) is 9.59 Å². The van der Waals surface area contributed by atoms with Gasteiger partial charge in [-0.3, -0.25) is 19.0 Å². The standard InChI is InChI=1S/C33H36N4O4.C2H4O2/c1-22-11-13-29-27(17-22)35-31(32(39)37(29)20-30(38)41-33(2,3)4)26-19-36(16-8-15-34)28-14-12-24(18-25(26)28)40-21-23-9-6-5-7-10-23;1-2(3)4/h5-7,9-14,17-19H,8,15-16,20-21,34H2,1-4H3;1H3,(H,3,4). The maximum atomic E-state index is 14.1. The van der Waals surface area contributed by atoms with Crippen molar-refractivity contribution in [2.24, 2.45) is 5.73 Å². The molecule has 0 unspecified atom stereocenters. The first-order valence-corrected chi connectivity index (χ1v) is 14.8. The summed E-state index contributed by atoms with van der Waals surface area (Å²) < 4.78 is 15.2. The molecule has 2 aromatic heterocycles. The number of rotatable bonds is 9. The summed E-state index contributed by atoms with van der Waals surface area (Å²) in [5.41, 5.74) is 9.95. The highest BCUT2D eigenvalue weighted by atomic mass is 16.6. The lowest BCUT2D eigenvalue weighted by Crippen LogP contribution is -2.31. The minimum absolute atomic E-state index is 0.220. The van der Waals surface area contributed by atoms with Gasteiger partial charge in [0, 0.05) is 36.1 Å². The molecule has 0 aliphatic heterocycles. The molecular formula is C35H40N4O6. The lowest BCUT2D eigenvalue weighted by molar-refractivity contribution is -0.155. The minimum atomic E-state index is -0.833. The Balaban J connectivity index is 0.00000109. The fourth-order valence-electron chi connectivity index (χ4n) is 4.93. The van der Waals surface area contributed by atoms with Crippen LogP contribution in [0.3, 0.4) is 0 Å². The first kappa shape index (κ1) is 32.9. The minimum Gasteiger partial charge on any atom is -0.489 e. The van der Waals surface area contributed by atoms with Crippen LogP contribution in [0.25, 0.3) is 33.2 Å². The van der Waals surface area contributed by atoms with Gasteiger partial charge < -0.3 is 24.9 Å². The lowest BCUT2D eigenvalue weighted by Gasteiger charge is -2.20. The predicted octanol–water partition coefficient (Wildman–Crippen LogP) is 5.69. The van der Waals surface area contributed by atoms with Gasteiger partial charge in [-0.2, -0.15) is 0 Å². The monoisotopic (exact) mass is 612 g/mol. The normalized spacial score (nSPS) is 11.2. The number of carboxylic acids is 1. The number of hydrogen-bond donors (Lipinski definition) is 2. The van der Waals surface area contributed by atoms with E-state index in [-0.39, 0.29) is 17.8 Å². The van der Waals surface area contributed by atoms with Crippen LogP contribution in [0.4, 0.5) is 0 Å². The zero-order valence-corrected chi connectivity index (χ0v) is 26.4. The van der Waals surface area contributed by atoms with Crippen molar-refractivity contribution in [3.63, 3.8) is 0 Å². The van der Waals surface area contributed by atoms with E-state index in [0.717, 1.165) is 35.4 Å². The topological polar surface area (TPSA) is 139 Å². The quantitative estimate of drug-likeness (QED) is 0.203. The second-order valence-corrected chi connectivity index (χ2v) is 11.8. The van der Waals surface area contributed by atoms with Crippen LogP contribution in [0, 0.1) is 6.92 Å². The molecule has 0 aliphatic rings. The van der Waals surface area contributed by atoms with Crippen molar-refractivity contribution < 1.29 is 24.2 Å². The van der Waals surface area contributed by atoms with Crippen LogP contribution >= 0.6 is 0 Å². The molecule has 236 valence electrons. The van der Waals surface area contributed by atoms with Gasteiger partial charge in [0.15, 0.2) is 0 Å². The number of esters is 1. The van der Waals surface area contributed by atoms with Crippen LogP contribution in [-0.4, -0.2) is 43.3 Å². The van der Waals surface area contributed by atoms with Crippen LogP contribution < -0.4 is 16.0 Å². The zero-order valence-electron chi connectivity index (χ0n) is 26.4. The van der Waals surface area contributed by atoms with Gasteiger partial charge in [0.1, 0.15) is 30.2 Å². The molecular weight excluding hydrogens is 572 g/mol. The number of hydrogen-bond acceptors (Lipinski definition) is 7. The van der Waals surface area contributed by atoms with Crippen molar-refractivity contribution in [2.45, 2.75) is 66.3 Å². The molecule has 0 saturated carbocycles. The van der Waals surface area contributed by atoms with Crippen molar-refractivity contribution in [1.82, 2.24) is 14.1 Å². The summed E-state index contributed by atoms with van der Waals surface area (Å²) in [7, 11) is 0. The van der Waals surface area contributed by atoms with Crippen LogP contribution in [0.2, 0.25) is 0 Å². The molecule has 45 heavy (non-hydrogen) atoms. The van der Waals surface area contributed by atoms with Crippen molar-refractivity contribution in [2.75, 3.05) is 6.54 Å². The molecule has 5 rings (SSSR count). The molecule has 0 bridgehead atoms. The third-order valence-corrected chi connectivity index (χ3v) is 6.77. The highest BCUT2D eigenvalue weighted by molar-refractivity contribution is 5.97. The maximum absolute atomic E-state index is 14.1. The Hall–Kier alpha value is -4.96. The van der Waals surface area contributed by atoms with E-state index < -0.39 is 17.5 Å². The Labute approximate surface area is 262 Å². The molecule has 0 spiro atoms. The van der Waals surface area contributed by atoms with E-state index in [1.165, 1.54) is 4.57 Å². The fourth-order valence-corrected chi connectivity index (χ4v) is 4.93. The third kappa shape index (κ3) is 8.57. The smallest absolute Gasteiger partial charge is 0.326 e. The van der Waals surface area contributed by atoms with Gasteiger partial charge in [0.25, 0.3) is 11.5 Å². The third-order valence-electron chi connectivity index (χ3n) is 6.77. The summed E-state index contributed by atoms with van der Waals surface area (Å²) in [6.45, 7) is 9.91. The van der Waals surface area contributed by atoms with Gasteiger partial charge in [-0.25, -0.2) is 4.98 Å². The van der Waals surface area contributed by atoms with Gasteiger partial charge in [-0.15, -0.1) is 0 Å². The highest BCUT2D eigenvalue weighted by Gasteiger charge is 2.22. The Morgan fingerprint density at radius 1 is 1.00 bits per heavy atom. The molecule has 0 atom stereocenters. The van der Waals surface area contributed by atoms with Crippen molar-refractivity contribution in [1.29, 1.82) is 0 Å². The Bertz CT molecular complexity index is 1870. The number of carboxylic acid groups (broad SMARTS) is 1. The predicted molar refractivity (Wildman–Crippen MR) is 175 cm³/mol. The summed E-state index contributed by atoms with van der Waals surface area (Å²) in [4.78, 5) is 40.8. The van der Waals surface area contributed by atoms with Gasteiger partial charge in [0.05, 0.1) is 11.0 Å². The van der Waals surface area contributed by atoms with Crippen LogP contribution in [0.5, 0.6) is 5.75 Å². The Morgan fingerprint density at radius 3 is 2.36 bits per heavy atom. The fraction of sp³-hybridized carbons (Fsp3) is 0.314. The molecule has 0 saturated heterocycles. The summed E-state index contributed by atoms with van der Waals surface area (Å²) in [6.07, 6.45) is 2.73. The van der Waals surface area contributed by atoms with Gasteiger partial charge in [-0.1, -0.05) is 36.4 Å². The Morgan fingerprint density at radius 2 is 1.69 bits per heavy atom. The molecule has 0 radical (unpaired) electrons. The second-order valence-electron chi connectivity index (χ2n) is 11.8. The largest absolute Gasteiger partial charge is 0.489 e. The number of aliphatic carboxylic acids is 1. The summed E-state index contributed by atoms with van der Waals surface area (Å²) in [6, 6.07) is 21.5. The number of nitrogens with zero attached hydrogens (tertiary/aromatic N) is 3. The number of fused-ring (bicyclic) bond motifs is 2. The second kappa shape index (κ2) is 14.2. The van der Waals surface area contributed by atoms with Gasteiger partial charge >= 0.3 is 5.97 Å². The average Bonchev–Trinajstić information content (AvgIpc) is 3.33. The summed E-state index contributed by atoms with van der Waals surface area (Å²) >= 11 is 0. The van der Waals surface area contributed by atoms with E-state index >= 15 is 0 Å². The number of ether oxygens (including phenoxy) is 2. The van der Waals surface area contributed by atoms with E-state index in [1.54, 1.807) is 20.8 Å². The van der Waals surface area contributed by atoms with Crippen LogP contribution in [-0.2, 0) is 34.0 Å². The molecule has 3 aromatic carbocycles. The van der Waals surface area contributed by atoms with Crippen molar-refractivity contribution in [3.05, 3.63) is 94.4 Å². The molecule has 2 heterocycles. The summed E-state index contributed by atoms with van der Waals surface area (Å²) in [5.74, 6) is -0.634. The molecule has 5 aromatic rings. The zero-order chi connectivity index (χ0) is 32.7. The first-order valence-electron chi connectivity index (χ1n) is 14.8. The molecule has 0 fully saturated rings. The number of aromatic nitrogens is 3. The Kier molecular flexibility index (Phi) is 10.4. The van der Waals surface area contributed by atoms with Crippen molar-refractivity contribution in [3.8, 4) is 17.0 Å². The summed E-state index contributed by atoms with van der Waals surface area (Å²) in [5, 5.41) is 8.26. The number of aryl methyl sites for hydroxylation is 2. The molecule has 0 amide bonds. The maximum Gasteiger partial charge on any atom is 0.326 e. The molecule has 10 nitrogen and oxygen atoms in total. The van der Waals surface area contributed by atoms with E-state index in [0.29, 0.717) is 42.0 Å². The van der Waals surface area contributed by atoms with E-state index in [4.69, 9.17) is 30.1 Å². The van der Waals surface area contributed by atoms with Gasteiger partial charge in [-0.05, 0) is 82.1 Å². The first-order chi connectivity index (χ1) is 21.4. The van der Waals surface area contributed by atoms with Crippen LogP contribution in [0.1, 0.15) is 45.2 Å². The van der Waals surface area contributed by atoms with Crippen LogP contribution in [0.15, 0.2) is 77.7 Å². The lowest BCUT2D eigenvalue weighted by atomic mass is 10.1. The van der Waals surface area contributed by atoms with Crippen molar-refractivity contribution >= 4 is 33.9 Å². The SMILES string of the molecule is CC(=O)O.Cc1ccc2c(c1)nc(-c1cn(CCCN)c3ccc(OCc4ccccc4)cc13)c(=O)n2CC(=O)OC(C)(C)C. The van der Waals surface area contributed by atoms with E-state index in [1.807, 2.05) is 79.9 Å². The van der Waals surface area contributed by atoms with Gasteiger partial charge in [0.2, 0.25) is 0 Å². The number of carbonyl (C=O) groups is 2. The molecule has 10 heteroatoms. The average molecular weight is 613 g/mol. The van der Waals surface area contributed by atoms with E-state index in [2.05, 4.69) is 4.57 Å². The number of benzene rings is 3.